The number of diazo groups is 2. The Balaban J connectivity index is 0.000000329. The second kappa shape index (κ2) is 8.90. The van der Waals surface area contributed by atoms with Crippen LogP contribution in [0.5, 0.6) is 0 Å². The largest absolute Gasteiger partial charge is 0.673 e. The van der Waals surface area contributed by atoms with Crippen LogP contribution in [0.3, 0.4) is 0 Å². The van der Waals surface area contributed by atoms with Gasteiger partial charge in [0.2, 0.25) is 10.8 Å². The minimum absolute atomic E-state index is 0.429. The van der Waals surface area contributed by atoms with Gasteiger partial charge in [-0.15, -0.1) is 0 Å². The Labute approximate surface area is 150 Å². The third-order valence-electron chi connectivity index (χ3n) is 2.63. The van der Waals surface area contributed by atoms with E-state index in [4.69, 9.17) is 10.8 Å². The maximum absolute atomic E-state index is 9.75. The highest BCUT2D eigenvalue weighted by molar-refractivity contribution is 6.50. The van der Waals surface area contributed by atoms with E-state index < -0.39 is 14.5 Å². The van der Waals surface area contributed by atoms with Crippen molar-refractivity contribution in [2.45, 2.75) is 0 Å². The normalized spacial score (nSPS) is 10.8. The predicted octanol–water partition coefficient (Wildman–Crippen LogP) is 6.35. The van der Waals surface area contributed by atoms with Crippen molar-refractivity contribution < 1.29 is 34.5 Å². The van der Waals surface area contributed by atoms with Crippen LogP contribution >= 0.6 is 0 Å². The first-order valence-electron chi connectivity index (χ1n) is 6.96. The van der Waals surface area contributed by atoms with Crippen molar-refractivity contribution >= 4 is 48.0 Å². The van der Waals surface area contributed by atoms with Crippen LogP contribution in [-0.2, 0) is 0 Å². The van der Waals surface area contributed by atoms with Gasteiger partial charge in [-0.05, 0) is 12.1 Å². The lowest BCUT2D eigenvalue weighted by molar-refractivity contribution is 0.366. The maximum atomic E-state index is 9.75. The monoisotopic (exact) mass is 408 g/mol. The molecule has 3 aromatic rings. The Hall–Kier alpha value is -3.55. The van der Waals surface area contributed by atoms with Crippen molar-refractivity contribution in [3.63, 3.8) is 0 Å². The summed E-state index contributed by atoms with van der Waals surface area (Å²) < 4.78 is 78.0. The standard InChI is InChI=1S/C12H6N6.2BF4/c13-17-7-1-3-9-11(5-7)16-10-4-2-8(18-14)6-12(10)15-9;2*2-1(3,4)5/h1-6H;;/q+2;2*-1. The number of hydrogen-bond acceptors (Lipinski definition) is 4. The summed E-state index contributed by atoms with van der Waals surface area (Å²) in [5.74, 6) is 0. The summed E-state index contributed by atoms with van der Waals surface area (Å²) in [6, 6.07) is 10.0. The lowest BCUT2D eigenvalue weighted by atomic mass is 10.2. The second-order valence-electron chi connectivity index (χ2n) is 4.76. The molecule has 0 aliphatic carbocycles. The van der Waals surface area contributed by atoms with Gasteiger partial charge >= 0.3 is 25.9 Å². The molecule has 0 saturated heterocycles. The van der Waals surface area contributed by atoms with Gasteiger partial charge in [0.05, 0.1) is 34.2 Å². The van der Waals surface area contributed by atoms with Crippen molar-refractivity contribution in [2.75, 3.05) is 0 Å². The summed E-state index contributed by atoms with van der Waals surface area (Å²) in [4.78, 5) is 15.0. The molecule has 1 heterocycles. The van der Waals surface area contributed by atoms with Gasteiger partial charge < -0.3 is 34.5 Å². The molecular weight excluding hydrogens is 402 g/mol. The van der Waals surface area contributed by atoms with E-state index >= 15 is 0 Å². The third kappa shape index (κ3) is 8.70. The average molecular weight is 408 g/mol. The molecule has 0 bridgehead atoms. The molecule has 0 N–H and O–H groups in total. The quantitative estimate of drug-likeness (QED) is 0.188. The number of aromatic nitrogens is 2. The molecule has 146 valence electrons. The minimum atomic E-state index is -6.00. The highest BCUT2D eigenvalue weighted by Gasteiger charge is 2.21. The van der Waals surface area contributed by atoms with Crippen LogP contribution in [0, 0.1) is 10.8 Å². The summed E-state index contributed by atoms with van der Waals surface area (Å²) >= 11 is 0. The smallest absolute Gasteiger partial charge is 0.418 e. The van der Waals surface area contributed by atoms with Crippen LogP contribution in [0.2, 0.25) is 0 Å². The summed E-state index contributed by atoms with van der Waals surface area (Å²) in [7, 11) is -12.0. The van der Waals surface area contributed by atoms with Gasteiger partial charge in [0.15, 0.2) is 9.95 Å². The molecule has 3 rings (SSSR count). The molecule has 0 amide bonds. The maximum Gasteiger partial charge on any atom is 0.673 e. The molecule has 0 spiro atoms. The Morgan fingerprint density at radius 1 is 0.571 bits per heavy atom. The second-order valence-corrected chi connectivity index (χ2v) is 4.76. The van der Waals surface area contributed by atoms with E-state index in [1.54, 1.807) is 36.4 Å². The zero-order valence-electron chi connectivity index (χ0n) is 13.3. The van der Waals surface area contributed by atoms with E-state index in [2.05, 4.69) is 19.9 Å². The molecule has 0 aliphatic rings. The van der Waals surface area contributed by atoms with Crippen LogP contribution in [0.25, 0.3) is 32.0 Å². The van der Waals surface area contributed by atoms with Crippen LogP contribution in [0.4, 0.5) is 45.9 Å². The first kappa shape index (κ1) is 22.5. The Kier molecular flexibility index (Phi) is 7.15. The number of nitrogens with zero attached hydrogens (tertiary/aromatic N) is 6. The molecule has 0 aliphatic heterocycles. The zero-order chi connectivity index (χ0) is 21.5. The van der Waals surface area contributed by atoms with E-state index in [9.17, 15) is 34.5 Å². The lowest BCUT2D eigenvalue weighted by Gasteiger charge is -1.97. The summed E-state index contributed by atoms with van der Waals surface area (Å²) in [5.41, 5.74) is 3.52. The Morgan fingerprint density at radius 3 is 1.11 bits per heavy atom. The van der Waals surface area contributed by atoms with Gasteiger partial charge in [-0.25, -0.2) is 9.97 Å². The molecule has 6 nitrogen and oxygen atoms in total. The van der Waals surface area contributed by atoms with Gasteiger partial charge in [-0.2, -0.15) is 0 Å². The fourth-order valence-corrected chi connectivity index (χ4v) is 1.78. The molecule has 28 heavy (non-hydrogen) atoms. The zero-order valence-corrected chi connectivity index (χ0v) is 13.3. The van der Waals surface area contributed by atoms with E-state index in [-0.39, 0.29) is 0 Å². The predicted molar refractivity (Wildman–Crippen MR) is 86.9 cm³/mol. The summed E-state index contributed by atoms with van der Waals surface area (Å²) in [6.07, 6.45) is 0. The van der Waals surface area contributed by atoms with E-state index in [1.165, 1.54) is 0 Å². The molecule has 16 heteroatoms. The molecule has 0 saturated carbocycles. The summed E-state index contributed by atoms with van der Waals surface area (Å²) in [6.45, 7) is 0. The molecule has 1 aromatic heterocycles. The van der Waals surface area contributed by atoms with Gasteiger partial charge in [0, 0.05) is 12.1 Å². The van der Waals surface area contributed by atoms with Gasteiger partial charge in [0.1, 0.15) is 0 Å². The Bertz CT molecular complexity index is 959. The highest BCUT2D eigenvalue weighted by atomic mass is 19.5. The topological polar surface area (TPSA) is 82.1 Å². The van der Waals surface area contributed by atoms with Gasteiger partial charge in [0.25, 0.3) is 0 Å². The lowest BCUT2D eigenvalue weighted by Crippen LogP contribution is -2.02. The first-order chi connectivity index (χ1) is 12.8. The van der Waals surface area contributed by atoms with E-state index in [0.717, 1.165) is 0 Å². The molecule has 0 atom stereocenters. The number of halogens is 8. The summed E-state index contributed by atoms with van der Waals surface area (Å²) in [5, 5.41) is 17.4. The molecule has 2 aromatic carbocycles. The number of fused-ring (bicyclic) bond motifs is 2. The van der Waals surface area contributed by atoms with Crippen molar-refractivity contribution in [2.24, 2.45) is 0 Å². The van der Waals surface area contributed by atoms with Crippen LogP contribution in [0.15, 0.2) is 36.4 Å². The third-order valence-corrected chi connectivity index (χ3v) is 2.63. The molecule has 0 radical (unpaired) electrons. The van der Waals surface area contributed by atoms with Crippen LogP contribution in [-0.4, -0.2) is 24.5 Å². The van der Waals surface area contributed by atoms with E-state index in [0.29, 0.717) is 33.4 Å². The highest BCUT2D eigenvalue weighted by Crippen LogP contribution is 2.23. The van der Waals surface area contributed by atoms with Crippen LogP contribution in [0.1, 0.15) is 0 Å². The number of hydrogen-bond donors (Lipinski definition) is 0. The molecule has 0 unspecified atom stereocenters. The average Bonchev–Trinajstić information content (AvgIpc) is 2.56. The first-order valence-corrected chi connectivity index (χ1v) is 6.96. The SMILES string of the molecule is F[B-](F)(F)F.F[B-](F)(F)F.N#[N+]c1ccc2nc3cc([N+]#N)ccc3nc2c1. The molecule has 0 fully saturated rings. The number of rotatable bonds is 0. The van der Waals surface area contributed by atoms with Gasteiger partial charge in [-0.3, -0.25) is 0 Å². The fraction of sp³-hybridized carbons (Fsp3) is 0. The number of benzene rings is 2. The minimum Gasteiger partial charge on any atom is -0.418 e. The van der Waals surface area contributed by atoms with E-state index in [1.807, 2.05) is 0 Å². The van der Waals surface area contributed by atoms with Crippen molar-refractivity contribution in [3.8, 4) is 0 Å². The van der Waals surface area contributed by atoms with Crippen molar-refractivity contribution in [3.05, 3.63) is 46.4 Å². The van der Waals surface area contributed by atoms with Crippen molar-refractivity contribution in [1.82, 2.24) is 9.97 Å². The van der Waals surface area contributed by atoms with Crippen LogP contribution < -0.4 is 0 Å². The fourth-order valence-electron chi connectivity index (χ4n) is 1.78. The van der Waals surface area contributed by atoms with Crippen molar-refractivity contribution in [1.29, 1.82) is 10.8 Å². The molecular formula is C12H6B2F8N6. The Morgan fingerprint density at radius 2 is 0.857 bits per heavy atom. The van der Waals surface area contributed by atoms with Gasteiger partial charge in [-0.1, -0.05) is 0 Å².